The molecule has 152 valence electrons. The van der Waals surface area contributed by atoms with Crippen LogP contribution in [0.3, 0.4) is 0 Å². The van der Waals surface area contributed by atoms with E-state index < -0.39 is 23.4 Å². The van der Waals surface area contributed by atoms with E-state index in [1.165, 1.54) is 12.1 Å². The Morgan fingerprint density at radius 1 is 1.07 bits per heavy atom. The molecule has 0 saturated heterocycles. The summed E-state index contributed by atoms with van der Waals surface area (Å²) in [4.78, 5) is 46.2. The van der Waals surface area contributed by atoms with E-state index in [4.69, 9.17) is 16.3 Å². The molecule has 1 N–H and O–H groups in total. The van der Waals surface area contributed by atoms with Gasteiger partial charge >= 0.3 is 5.97 Å². The number of carbonyl (C=O) groups excluding carboxylic acids is 3. The number of rotatable bonds is 8. The van der Waals surface area contributed by atoms with Gasteiger partial charge in [0.2, 0.25) is 0 Å². The lowest BCUT2D eigenvalue weighted by atomic mass is 10.0. The van der Waals surface area contributed by atoms with Gasteiger partial charge in [0.1, 0.15) is 5.69 Å². The molecule has 0 atom stereocenters. The summed E-state index contributed by atoms with van der Waals surface area (Å²) in [5.41, 5.74) is 2.10. The molecular weight excluding hydrogens is 400 g/mol. The van der Waals surface area contributed by atoms with Crippen molar-refractivity contribution in [3.8, 4) is 0 Å². The van der Waals surface area contributed by atoms with Crippen LogP contribution in [0.4, 0.5) is 11.4 Å². The minimum atomic E-state index is -0.760. The Labute approximate surface area is 172 Å². The molecule has 0 unspecified atom stereocenters. The Morgan fingerprint density at radius 2 is 1.79 bits per heavy atom. The molecule has 0 saturated carbocycles. The highest BCUT2D eigenvalue weighted by Crippen LogP contribution is 2.27. The molecule has 0 aliphatic rings. The van der Waals surface area contributed by atoms with Crippen LogP contribution in [-0.4, -0.2) is 29.2 Å². The number of halogens is 1. The number of nitro groups is 1. The highest BCUT2D eigenvalue weighted by molar-refractivity contribution is 6.31. The average Bonchev–Trinajstić information content (AvgIpc) is 2.66. The van der Waals surface area contributed by atoms with Gasteiger partial charge in [0, 0.05) is 23.1 Å². The molecule has 0 aliphatic carbocycles. The molecule has 0 radical (unpaired) electrons. The first-order valence-electron chi connectivity index (χ1n) is 8.67. The highest BCUT2D eigenvalue weighted by atomic mass is 35.5. The molecule has 29 heavy (non-hydrogen) atoms. The fourth-order valence-electron chi connectivity index (χ4n) is 2.45. The van der Waals surface area contributed by atoms with E-state index in [0.717, 1.165) is 17.2 Å². The molecule has 0 heterocycles. The van der Waals surface area contributed by atoms with Gasteiger partial charge in [0.05, 0.1) is 11.3 Å². The van der Waals surface area contributed by atoms with E-state index in [1.54, 1.807) is 12.1 Å². The van der Waals surface area contributed by atoms with Crippen LogP contribution in [0.1, 0.15) is 34.3 Å². The van der Waals surface area contributed by atoms with E-state index in [0.29, 0.717) is 5.56 Å². The van der Waals surface area contributed by atoms with Gasteiger partial charge in [-0.25, -0.2) is 0 Å². The second-order valence-corrected chi connectivity index (χ2v) is 6.79. The van der Waals surface area contributed by atoms with Crippen LogP contribution in [0.5, 0.6) is 0 Å². The number of hydrogen-bond donors (Lipinski definition) is 1. The number of benzene rings is 2. The number of nitrogens with one attached hydrogen (secondary N) is 1. The van der Waals surface area contributed by atoms with E-state index in [9.17, 15) is 24.5 Å². The Bertz CT molecular complexity index is 973. The molecule has 2 aromatic carbocycles. The van der Waals surface area contributed by atoms with Crippen LogP contribution in [-0.2, 0) is 14.3 Å². The zero-order valence-electron chi connectivity index (χ0n) is 15.9. The Hall–Kier alpha value is -3.26. The maximum atomic E-state index is 12.2. The van der Waals surface area contributed by atoms with Crippen LogP contribution in [0.25, 0.3) is 0 Å². The van der Waals surface area contributed by atoms with Gasteiger partial charge in [-0.1, -0.05) is 23.7 Å². The van der Waals surface area contributed by atoms with Gasteiger partial charge in [0.15, 0.2) is 12.4 Å². The molecule has 8 nitrogen and oxygen atoms in total. The number of ketones is 1. The Balaban J connectivity index is 1.84. The first kappa shape index (κ1) is 22.0. The number of ether oxygens (including phenoxy) is 1. The van der Waals surface area contributed by atoms with Crippen molar-refractivity contribution in [3.63, 3.8) is 0 Å². The fraction of sp³-hybridized carbons (Fsp3) is 0.250. The molecule has 1 amide bonds. The second kappa shape index (κ2) is 9.79. The van der Waals surface area contributed by atoms with Crippen molar-refractivity contribution in [1.82, 2.24) is 0 Å². The standard InChI is InChI=1S/C20H19ClN2O6/c1-12-3-4-14(9-13(12)2)18(24)7-8-20(26)29-11-19(25)22-16-10-15(21)5-6-17(16)23(27)28/h3-6,9-10H,7-8,11H2,1-2H3,(H,22,25). The minimum absolute atomic E-state index is 0.0529. The van der Waals surface area contributed by atoms with E-state index in [-0.39, 0.29) is 35.0 Å². The third-order valence-corrected chi connectivity index (χ3v) is 4.41. The summed E-state index contributed by atoms with van der Waals surface area (Å²) >= 11 is 5.78. The van der Waals surface area contributed by atoms with Crippen molar-refractivity contribution in [2.24, 2.45) is 0 Å². The Morgan fingerprint density at radius 3 is 2.45 bits per heavy atom. The SMILES string of the molecule is Cc1ccc(C(=O)CCC(=O)OCC(=O)Nc2cc(Cl)ccc2[N+](=O)[O-])cc1C. The van der Waals surface area contributed by atoms with Crippen molar-refractivity contribution >= 4 is 40.6 Å². The van der Waals surface area contributed by atoms with E-state index in [2.05, 4.69) is 5.32 Å². The van der Waals surface area contributed by atoms with Gasteiger partial charge in [0.25, 0.3) is 11.6 Å². The summed E-state index contributed by atoms with van der Waals surface area (Å²) in [6.45, 7) is 3.19. The second-order valence-electron chi connectivity index (χ2n) is 6.35. The van der Waals surface area contributed by atoms with Gasteiger partial charge in [-0.2, -0.15) is 0 Å². The maximum absolute atomic E-state index is 12.2. The van der Waals surface area contributed by atoms with Crippen LogP contribution in [0, 0.1) is 24.0 Å². The molecule has 2 aromatic rings. The normalized spacial score (nSPS) is 10.3. The third-order valence-electron chi connectivity index (χ3n) is 4.18. The largest absolute Gasteiger partial charge is 0.456 e. The number of nitro benzene ring substituents is 1. The molecule has 0 bridgehead atoms. The van der Waals surface area contributed by atoms with Crippen LogP contribution in [0.15, 0.2) is 36.4 Å². The van der Waals surface area contributed by atoms with E-state index >= 15 is 0 Å². The summed E-state index contributed by atoms with van der Waals surface area (Å²) in [6, 6.07) is 8.99. The minimum Gasteiger partial charge on any atom is -0.456 e. The van der Waals surface area contributed by atoms with Crippen molar-refractivity contribution in [2.75, 3.05) is 11.9 Å². The lowest BCUT2D eigenvalue weighted by molar-refractivity contribution is -0.383. The van der Waals surface area contributed by atoms with Crippen molar-refractivity contribution < 1.29 is 24.0 Å². The van der Waals surface area contributed by atoms with Gasteiger partial charge in [-0.15, -0.1) is 0 Å². The van der Waals surface area contributed by atoms with Gasteiger partial charge < -0.3 is 10.1 Å². The predicted molar refractivity (Wildman–Crippen MR) is 107 cm³/mol. The van der Waals surface area contributed by atoms with Crippen molar-refractivity contribution in [3.05, 3.63) is 68.2 Å². The lowest BCUT2D eigenvalue weighted by Gasteiger charge is -2.08. The number of nitrogens with zero attached hydrogens (tertiary/aromatic N) is 1. The van der Waals surface area contributed by atoms with E-state index in [1.807, 2.05) is 19.9 Å². The quantitative estimate of drug-likeness (QED) is 0.299. The molecular formula is C20H19ClN2O6. The first-order valence-corrected chi connectivity index (χ1v) is 9.05. The summed E-state index contributed by atoms with van der Waals surface area (Å²) < 4.78 is 4.83. The number of hydrogen-bond acceptors (Lipinski definition) is 6. The monoisotopic (exact) mass is 418 g/mol. The molecule has 0 aliphatic heterocycles. The third kappa shape index (κ3) is 6.39. The smallest absolute Gasteiger partial charge is 0.306 e. The zero-order chi connectivity index (χ0) is 21.6. The fourth-order valence-corrected chi connectivity index (χ4v) is 2.62. The molecule has 2 rings (SSSR count). The van der Waals surface area contributed by atoms with Crippen LogP contribution in [0.2, 0.25) is 5.02 Å². The number of anilines is 1. The summed E-state index contributed by atoms with van der Waals surface area (Å²) in [5, 5.41) is 13.5. The summed E-state index contributed by atoms with van der Waals surface area (Å²) in [7, 11) is 0. The molecule has 0 spiro atoms. The van der Waals surface area contributed by atoms with Gasteiger partial charge in [-0.3, -0.25) is 24.5 Å². The molecule has 0 aromatic heterocycles. The zero-order valence-corrected chi connectivity index (χ0v) is 16.6. The molecule has 0 fully saturated rings. The summed E-state index contributed by atoms with van der Waals surface area (Å²) in [5.74, 6) is -1.69. The van der Waals surface area contributed by atoms with Crippen molar-refractivity contribution in [2.45, 2.75) is 26.7 Å². The van der Waals surface area contributed by atoms with Gasteiger partial charge in [-0.05, 0) is 43.2 Å². The highest BCUT2D eigenvalue weighted by Gasteiger charge is 2.17. The number of aryl methyl sites for hydroxylation is 2. The number of amides is 1. The maximum Gasteiger partial charge on any atom is 0.306 e. The number of Topliss-reactive ketones (excluding diaryl/α,β-unsaturated/α-hetero) is 1. The Kier molecular flexibility index (Phi) is 7.44. The predicted octanol–water partition coefficient (Wildman–Crippen LogP) is 4.01. The van der Waals surface area contributed by atoms with Crippen molar-refractivity contribution in [1.29, 1.82) is 0 Å². The van der Waals surface area contributed by atoms with Crippen LogP contribution < -0.4 is 5.32 Å². The number of esters is 1. The first-order chi connectivity index (χ1) is 13.7. The number of carbonyl (C=O) groups is 3. The van der Waals surface area contributed by atoms with Crippen LogP contribution >= 0.6 is 11.6 Å². The lowest BCUT2D eigenvalue weighted by Crippen LogP contribution is -2.21. The summed E-state index contributed by atoms with van der Waals surface area (Å²) in [6.07, 6.45) is -0.237. The topological polar surface area (TPSA) is 116 Å². The average molecular weight is 419 g/mol. The molecule has 9 heteroatoms.